The molecule has 4 nitrogen and oxygen atoms in total. The molecule has 1 aromatic carbocycles. The number of rotatable bonds is 3. The molecule has 0 aliphatic heterocycles. The fourth-order valence-corrected chi connectivity index (χ4v) is 1.99. The summed E-state index contributed by atoms with van der Waals surface area (Å²) in [5.41, 5.74) is 8.92. The summed E-state index contributed by atoms with van der Waals surface area (Å²) in [5, 5.41) is 0. The lowest BCUT2D eigenvalue weighted by molar-refractivity contribution is 0.628. The lowest BCUT2D eigenvalue weighted by atomic mass is 10.1. The van der Waals surface area contributed by atoms with Gasteiger partial charge < -0.3 is 5.73 Å². The highest BCUT2D eigenvalue weighted by Gasteiger charge is 2.05. The molecule has 0 radical (unpaired) electrons. The van der Waals surface area contributed by atoms with E-state index in [4.69, 9.17) is 5.73 Å². The number of nitrogens with zero attached hydrogens (tertiary/aromatic N) is 3. The van der Waals surface area contributed by atoms with Gasteiger partial charge in [0.2, 0.25) is 0 Å². The van der Waals surface area contributed by atoms with E-state index in [-0.39, 0.29) is 5.82 Å². The molecule has 2 aromatic heterocycles. The van der Waals surface area contributed by atoms with E-state index in [9.17, 15) is 4.39 Å². The maximum absolute atomic E-state index is 12.9. The number of imidazole rings is 1. The Labute approximate surface area is 109 Å². The van der Waals surface area contributed by atoms with Crippen LogP contribution < -0.4 is 5.73 Å². The van der Waals surface area contributed by atoms with Gasteiger partial charge in [-0.15, -0.1) is 0 Å². The zero-order valence-electron chi connectivity index (χ0n) is 10.3. The van der Waals surface area contributed by atoms with Crippen molar-refractivity contribution in [2.45, 2.75) is 6.42 Å². The summed E-state index contributed by atoms with van der Waals surface area (Å²) in [7, 11) is 0. The predicted octanol–water partition coefficient (Wildman–Crippen LogP) is 2.04. The molecular formula is C14H13FN4. The fraction of sp³-hybridized carbons (Fsp3) is 0.143. The Bertz CT molecular complexity index is 703. The highest BCUT2D eigenvalue weighted by molar-refractivity contribution is 5.63. The Morgan fingerprint density at radius 2 is 2.00 bits per heavy atom. The van der Waals surface area contributed by atoms with E-state index in [2.05, 4.69) is 9.97 Å². The van der Waals surface area contributed by atoms with E-state index in [1.54, 1.807) is 18.5 Å². The third-order valence-corrected chi connectivity index (χ3v) is 2.94. The van der Waals surface area contributed by atoms with Gasteiger partial charge in [0.1, 0.15) is 17.8 Å². The van der Waals surface area contributed by atoms with E-state index >= 15 is 0 Å². The van der Waals surface area contributed by atoms with Crippen LogP contribution in [0.5, 0.6) is 0 Å². The van der Waals surface area contributed by atoms with E-state index < -0.39 is 0 Å². The van der Waals surface area contributed by atoms with Crippen LogP contribution in [-0.4, -0.2) is 20.9 Å². The third-order valence-electron chi connectivity index (χ3n) is 2.94. The second-order valence-electron chi connectivity index (χ2n) is 4.32. The first-order chi connectivity index (χ1) is 9.26. The van der Waals surface area contributed by atoms with Crippen molar-refractivity contribution in [3.8, 4) is 11.3 Å². The average molecular weight is 256 g/mol. The molecule has 3 rings (SSSR count). The molecule has 19 heavy (non-hydrogen) atoms. The fourth-order valence-electron chi connectivity index (χ4n) is 1.99. The zero-order chi connectivity index (χ0) is 13.2. The van der Waals surface area contributed by atoms with Gasteiger partial charge in [-0.25, -0.2) is 14.4 Å². The van der Waals surface area contributed by atoms with Crippen LogP contribution in [0.2, 0.25) is 0 Å². The highest BCUT2D eigenvalue weighted by Crippen LogP contribution is 2.18. The standard InChI is InChI=1S/C14H13FN4/c15-11-3-1-10(2-4-11)13-7-14-18-12(5-6-16)8-19(14)9-17-13/h1-4,7-9H,5-6,16H2. The summed E-state index contributed by atoms with van der Waals surface area (Å²) >= 11 is 0. The lowest BCUT2D eigenvalue weighted by Crippen LogP contribution is -2.02. The molecule has 0 saturated carbocycles. The van der Waals surface area contributed by atoms with Crippen LogP contribution in [0.3, 0.4) is 0 Å². The molecule has 0 unspecified atom stereocenters. The van der Waals surface area contributed by atoms with Gasteiger partial charge in [-0.1, -0.05) is 0 Å². The SMILES string of the molecule is NCCc1cn2cnc(-c3ccc(F)cc3)cc2n1. The lowest BCUT2D eigenvalue weighted by Gasteiger charge is -2.01. The Hall–Kier alpha value is -2.27. The molecule has 0 fully saturated rings. The highest BCUT2D eigenvalue weighted by atomic mass is 19.1. The van der Waals surface area contributed by atoms with Crippen molar-refractivity contribution in [1.29, 1.82) is 0 Å². The minimum Gasteiger partial charge on any atom is -0.330 e. The molecule has 96 valence electrons. The number of aromatic nitrogens is 3. The summed E-state index contributed by atoms with van der Waals surface area (Å²) in [5.74, 6) is -0.254. The molecule has 3 aromatic rings. The molecule has 2 heterocycles. The van der Waals surface area contributed by atoms with Crippen molar-refractivity contribution in [3.05, 3.63) is 54.4 Å². The van der Waals surface area contributed by atoms with E-state index in [0.717, 1.165) is 29.0 Å². The number of hydrogen-bond acceptors (Lipinski definition) is 3. The van der Waals surface area contributed by atoms with Gasteiger partial charge >= 0.3 is 0 Å². The van der Waals surface area contributed by atoms with Crippen LogP contribution >= 0.6 is 0 Å². The maximum atomic E-state index is 12.9. The number of halogens is 1. The number of nitrogens with two attached hydrogens (primary N) is 1. The number of fused-ring (bicyclic) bond motifs is 1. The van der Waals surface area contributed by atoms with Crippen molar-refractivity contribution >= 4 is 5.65 Å². The molecule has 0 amide bonds. The first kappa shape index (κ1) is 11.8. The summed E-state index contributed by atoms with van der Waals surface area (Å²) in [4.78, 5) is 8.82. The molecule has 0 aliphatic carbocycles. The molecule has 0 bridgehead atoms. The minimum atomic E-state index is -0.254. The summed E-state index contributed by atoms with van der Waals surface area (Å²) in [6.45, 7) is 0.572. The predicted molar refractivity (Wildman–Crippen MR) is 71.1 cm³/mol. The average Bonchev–Trinajstić information content (AvgIpc) is 2.81. The van der Waals surface area contributed by atoms with Crippen LogP contribution in [0.25, 0.3) is 16.9 Å². The van der Waals surface area contributed by atoms with Crippen LogP contribution in [0.1, 0.15) is 5.69 Å². The van der Waals surface area contributed by atoms with Gasteiger partial charge in [-0.3, -0.25) is 4.40 Å². The van der Waals surface area contributed by atoms with Crippen molar-refractivity contribution in [1.82, 2.24) is 14.4 Å². The molecule has 0 aliphatic rings. The largest absolute Gasteiger partial charge is 0.330 e. The van der Waals surface area contributed by atoms with Gasteiger partial charge in [0.15, 0.2) is 0 Å². The summed E-state index contributed by atoms with van der Waals surface area (Å²) in [6, 6.07) is 8.14. The zero-order valence-corrected chi connectivity index (χ0v) is 10.3. The normalized spacial score (nSPS) is 11.1. The molecule has 0 saturated heterocycles. The maximum Gasteiger partial charge on any atom is 0.140 e. The summed E-state index contributed by atoms with van der Waals surface area (Å²) in [6.07, 6.45) is 4.37. The van der Waals surface area contributed by atoms with Crippen molar-refractivity contribution < 1.29 is 4.39 Å². The summed E-state index contributed by atoms with van der Waals surface area (Å²) < 4.78 is 14.8. The smallest absolute Gasteiger partial charge is 0.140 e. The third kappa shape index (κ3) is 2.32. The topological polar surface area (TPSA) is 56.2 Å². The van der Waals surface area contributed by atoms with Gasteiger partial charge in [0.25, 0.3) is 0 Å². The van der Waals surface area contributed by atoms with Crippen molar-refractivity contribution in [2.75, 3.05) is 6.54 Å². The molecule has 0 atom stereocenters. The van der Waals surface area contributed by atoms with Gasteiger partial charge in [0.05, 0.1) is 11.4 Å². The first-order valence-corrected chi connectivity index (χ1v) is 6.06. The van der Waals surface area contributed by atoms with Crippen molar-refractivity contribution in [3.63, 3.8) is 0 Å². The van der Waals surface area contributed by atoms with Crippen LogP contribution in [-0.2, 0) is 6.42 Å². The van der Waals surface area contributed by atoms with E-state index in [1.807, 2.05) is 16.7 Å². The molecule has 5 heteroatoms. The Morgan fingerprint density at radius 1 is 1.21 bits per heavy atom. The van der Waals surface area contributed by atoms with Gasteiger partial charge in [0, 0.05) is 24.2 Å². The van der Waals surface area contributed by atoms with Gasteiger partial charge in [-0.05, 0) is 30.8 Å². The van der Waals surface area contributed by atoms with Crippen LogP contribution in [0.4, 0.5) is 4.39 Å². The molecule has 0 spiro atoms. The Balaban J connectivity index is 2.03. The van der Waals surface area contributed by atoms with Gasteiger partial charge in [-0.2, -0.15) is 0 Å². The van der Waals surface area contributed by atoms with E-state index in [1.165, 1.54) is 12.1 Å². The van der Waals surface area contributed by atoms with Crippen LogP contribution in [0, 0.1) is 5.82 Å². The number of benzene rings is 1. The quantitative estimate of drug-likeness (QED) is 0.780. The minimum absolute atomic E-state index is 0.254. The molecule has 2 N–H and O–H groups in total. The number of hydrogen-bond donors (Lipinski definition) is 1. The second kappa shape index (κ2) is 4.78. The molecular weight excluding hydrogens is 243 g/mol. The van der Waals surface area contributed by atoms with E-state index in [0.29, 0.717) is 6.54 Å². The Kier molecular flexibility index (Phi) is 2.97. The van der Waals surface area contributed by atoms with Crippen LogP contribution in [0.15, 0.2) is 42.9 Å². The van der Waals surface area contributed by atoms with Crippen molar-refractivity contribution in [2.24, 2.45) is 5.73 Å². The first-order valence-electron chi connectivity index (χ1n) is 6.06. The Morgan fingerprint density at radius 3 is 2.74 bits per heavy atom. The second-order valence-corrected chi connectivity index (χ2v) is 4.32. The monoisotopic (exact) mass is 256 g/mol.